The molecule has 0 atom stereocenters. The van der Waals surface area contributed by atoms with E-state index in [9.17, 15) is 24.0 Å². The Bertz CT molecular complexity index is 1060. The fraction of sp³-hybridized carbons (Fsp3) is 0.304. The number of nitrogens with zero attached hydrogens (tertiary/aromatic N) is 7. The van der Waals surface area contributed by atoms with Crippen molar-refractivity contribution in [2.75, 3.05) is 27.2 Å². The third-order valence-corrected chi connectivity index (χ3v) is 3.04. The van der Waals surface area contributed by atoms with E-state index >= 15 is 0 Å². The van der Waals surface area contributed by atoms with E-state index in [1.54, 1.807) is 19.2 Å². The van der Waals surface area contributed by atoms with Crippen molar-refractivity contribution < 1.29 is 24.0 Å². The molecule has 0 aliphatic heterocycles. The number of aliphatic imine (C=N–C) groups is 1. The highest BCUT2D eigenvalue weighted by molar-refractivity contribution is 7.78. The lowest BCUT2D eigenvalue weighted by atomic mass is 10.1. The van der Waals surface area contributed by atoms with Gasteiger partial charge in [-0.1, -0.05) is 34.2 Å². The maximum atomic E-state index is 10.2. The average molecular weight is 559 g/mol. The van der Waals surface area contributed by atoms with Crippen LogP contribution in [0.25, 0.3) is 20.9 Å². The third kappa shape index (κ3) is 43.2. The molecule has 5 N–H and O–H groups in total. The van der Waals surface area contributed by atoms with Crippen LogP contribution >= 0.6 is 12.2 Å². The fourth-order valence-corrected chi connectivity index (χ4v) is 1.43. The molecular formula is C23H30N10O5S. The predicted octanol–water partition coefficient (Wildman–Crippen LogP) is 2.83. The van der Waals surface area contributed by atoms with Gasteiger partial charge in [-0.25, -0.2) is 0 Å². The molecule has 1 aromatic rings. The maximum absolute atomic E-state index is 10.2. The van der Waals surface area contributed by atoms with Crippen LogP contribution in [0.2, 0.25) is 0 Å². The Hall–Kier alpha value is -5.33. The van der Waals surface area contributed by atoms with Gasteiger partial charge in [0.25, 0.3) is 0 Å². The molecule has 0 saturated carbocycles. The summed E-state index contributed by atoms with van der Waals surface area (Å²) in [7, 11) is 3.04. The molecule has 0 bridgehead atoms. The number of isothiocyanates is 1. The second-order valence-corrected chi connectivity index (χ2v) is 5.69. The third-order valence-electron chi connectivity index (χ3n) is 2.95. The predicted molar refractivity (Wildman–Crippen MR) is 151 cm³/mol. The van der Waals surface area contributed by atoms with Crippen LogP contribution in [-0.4, -0.2) is 63.0 Å². The summed E-state index contributed by atoms with van der Waals surface area (Å²) in [6.45, 7) is -0.177. The molecule has 0 heterocycles. The summed E-state index contributed by atoms with van der Waals surface area (Å²) in [4.78, 5) is 57.5. The van der Waals surface area contributed by atoms with Gasteiger partial charge in [0.1, 0.15) is 25.4 Å². The van der Waals surface area contributed by atoms with Gasteiger partial charge in [-0.05, 0) is 41.0 Å². The zero-order valence-corrected chi connectivity index (χ0v) is 22.3. The highest BCUT2D eigenvalue weighted by Crippen LogP contribution is 2.11. The molecule has 15 nitrogen and oxygen atoms in total. The van der Waals surface area contributed by atoms with Crippen molar-refractivity contribution in [1.29, 1.82) is 0 Å². The van der Waals surface area contributed by atoms with E-state index in [-0.39, 0.29) is 43.9 Å². The number of amides is 2. The molecule has 16 heteroatoms. The van der Waals surface area contributed by atoms with Crippen molar-refractivity contribution in [1.82, 2.24) is 16.8 Å². The summed E-state index contributed by atoms with van der Waals surface area (Å²) in [6, 6.07) is 7.30. The van der Waals surface area contributed by atoms with Crippen molar-refractivity contribution >= 4 is 53.7 Å². The highest BCUT2D eigenvalue weighted by atomic mass is 32.1. The number of likely N-dealkylation sites (N-methyl/N-ethyl adjacent to an activating group) is 1. The lowest BCUT2D eigenvalue weighted by molar-refractivity contribution is -0.120. The number of hydrogen-bond donors (Lipinski definition) is 3. The summed E-state index contributed by atoms with van der Waals surface area (Å²) in [5.41, 5.74) is 16.9. The minimum atomic E-state index is -0.275. The number of rotatable bonds is 9. The topological polar surface area (TPSA) is 254 Å². The molecule has 0 spiro atoms. The van der Waals surface area contributed by atoms with Crippen LogP contribution in [0.1, 0.15) is 18.4 Å². The molecule has 208 valence electrons. The largest absolute Gasteiger partial charge is 0.359 e. The average Bonchev–Trinajstić information content (AvgIpc) is 2.94. The molecule has 0 aromatic heterocycles. The van der Waals surface area contributed by atoms with E-state index in [1.807, 2.05) is 12.1 Å². The molecule has 0 fully saturated rings. The first kappa shape index (κ1) is 43.7. The Morgan fingerprint density at radius 3 is 1.79 bits per heavy atom. The highest BCUT2D eigenvalue weighted by Gasteiger charge is 1.91. The molecule has 0 saturated heterocycles. The van der Waals surface area contributed by atoms with Gasteiger partial charge in [0, 0.05) is 30.3 Å². The Balaban J connectivity index is -0.000000128. The number of aldehydes is 3. The molecule has 0 radical (unpaired) electrons. The standard InChI is InChI=1S/C9H7NOS.C5H7NO.C4H4O.C3H6N4O.C2H3N3O.H3N/c11-6-5-8-1-3-9(4-2-8)10-7-12;1-3-4-5(7)6-2;1-2-3-4-5;1-5-3(8)2-6-7-4;3-5-4-1-2-6;/h1-4,6H,5H2;1H,4H2,2H3,(H,6,7);1,4H,3H2;2H2,1H3,(H,5,8);2H,1H2;1H3. The van der Waals surface area contributed by atoms with Crippen LogP contribution in [0.4, 0.5) is 5.69 Å². The summed E-state index contributed by atoms with van der Waals surface area (Å²) in [5.74, 6) is 3.97. The van der Waals surface area contributed by atoms with Gasteiger partial charge in [0.05, 0.1) is 30.2 Å². The number of thiocarbonyl (C=S) groups is 1. The Morgan fingerprint density at radius 1 is 0.949 bits per heavy atom. The minimum Gasteiger partial charge on any atom is -0.359 e. The van der Waals surface area contributed by atoms with E-state index in [1.165, 1.54) is 7.05 Å². The van der Waals surface area contributed by atoms with Crippen molar-refractivity contribution in [3.63, 3.8) is 0 Å². The number of carbonyl (C=O) groups excluding carboxylic acids is 5. The van der Waals surface area contributed by atoms with Crippen LogP contribution in [0, 0.1) is 24.7 Å². The van der Waals surface area contributed by atoms with Crippen LogP contribution in [0.15, 0.2) is 39.5 Å². The van der Waals surface area contributed by atoms with Gasteiger partial charge in [0.15, 0.2) is 0 Å². The lowest BCUT2D eigenvalue weighted by Gasteiger charge is -1.93. The zero-order valence-electron chi connectivity index (χ0n) is 21.5. The summed E-state index contributed by atoms with van der Waals surface area (Å²) >= 11 is 4.45. The number of terminal acetylenes is 2. The molecule has 1 aromatic carbocycles. The normalized spacial score (nSPS) is 6.97. The first-order valence-corrected chi connectivity index (χ1v) is 10.5. The van der Waals surface area contributed by atoms with Crippen LogP contribution < -0.4 is 16.8 Å². The van der Waals surface area contributed by atoms with Crippen molar-refractivity contribution in [3.05, 3.63) is 50.7 Å². The smallest absolute Gasteiger partial charge is 0.231 e. The first-order valence-electron chi connectivity index (χ1n) is 10.1. The van der Waals surface area contributed by atoms with E-state index in [0.717, 1.165) is 17.5 Å². The van der Waals surface area contributed by atoms with Gasteiger partial charge >= 0.3 is 0 Å². The van der Waals surface area contributed by atoms with Gasteiger partial charge in [-0.3, -0.25) is 9.59 Å². The van der Waals surface area contributed by atoms with Crippen LogP contribution in [0.3, 0.4) is 0 Å². The second kappa shape index (κ2) is 39.9. The molecule has 2 amide bonds. The van der Waals surface area contributed by atoms with E-state index in [4.69, 9.17) is 17.5 Å². The fourth-order valence-electron chi connectivity index (χ4n) is 1.33. The van der Waals surface area contributed by atoms with Crippen molar-refractivity contribution in [2.45, 2.75) is 19.3 Å². The molecule has 39 heavy (non-hydrogen) atoms. The van der Waals surface area contributed by atoms with E-state index in [0.29, 0.717) is 19.0 Å². The number of nitrogens with one attached hydrogen (secondary N) is 2. The maximum Gasteiger partial charge on any atom is 0.231 e. The van der Waals surface area contributed by atoms with Gasteiger partial charge in [-0.2, -0.15) is 4.99 Å². The van der Waals surface area contributed by atoms with Gasteiger partial charge in [-0.15, -0.1) is 12.8 Å². The molecular weight excluding hydrogens is 528 g/mol. The Labute approximate surface area is 231 Å². The monoisotopic (exact) mass is 558 g/mol. The summed E-state index contributed by atoms with van der Waals surface area (Å²) < 4.78 is 0. The van der Waals surface area contributed by atoms with Crippen LogP contribution in [0.5, 0.6) is 0 Å². The lowest BCUT2D eigenvalue weighted by Crippen LogP contribution is -2.19. The second-order valence-electron chi connectivity index (χ2n) is 5.51. The molecule has 0 aliphatic rings. The molecule has 0 aliphatic carbocycles. The number of carbonyl (C=O) groups is 5. The van der Waals surface area contributed by atoms with E-state index in [2.05, 4.69) is 71.3 Å². The van der Waals surface area contributed by atoms with Crippen molar-refractivity contribution in [3.8, 4) is 24.7 Å². The Morgan fingerprint density at radius 2 is 1.51 bits per heavy atom. The summed E-state index contributed by atoms with van der Waals surface area (Å²) in [5, 5.41) is 12.9. The van der Waals surface area contributed by atoms with Gasteiger partial charge in [0.2, 0.25) is 11.8 Å². The van der Waals surface area contributed by atoms with Crippen LogP contribution in [-0.2, 0) is 30.4 Å². The molecule has 0 unspecified atom stereocenters. The van der Waals surface area contributed by atoms with Gasteiger partial charge < -0.3 is 31.2 Å². The first-order chi connectivity index (χ1) is 18.3. The number of azide groups is 2. The summed E-state index contributed by atoms with van der Waals surface area (Å²) in [6.07, 6.45) is 12.4. The quantitative estimate of drug-likeness (QED) is 0.0775. The minimum absolute atomic E-state index is 0. The number of benzene rings is 1. The zero-order chi connectivity index (χ0) is 29.9. The number of hydrogen-bond acceptors (Lipinski definition) is 10. The van der Waals surface area contributed by atoms with E-state index < -0.39 is 0 Å². The Kier molecular flexibility index (Phi) is 44.7. The van der Waals surface area contributed by atoms with Crippen molar-refractivity contribution in [2.24, 2.45) is 15.2 Å². The SMILES string of the molecule is C#CCC(=O)NC.C#CCC=O.CNC(=O)CN=[N+]=[N-].N.O=CCc1ccc(N=C=S)cc1.[N-]=[N+]=NCC=O. The molecule has 1 rings (SSSR count).